The lowest BCUT2D eigenvalue weighted by Gasteiger charge is -2.26. The lowest BCUT2D eigenvalue weighted by atomic mass is 9.93. The quantitative estimate of drug-likeness (QED) is 0.499. The van der Waals surface area contributed by atoms with E-state index in [4.69, 9.17) is 10.5 Å². The molecular formula is C14H16FN5O4. The number of fused-ring (bicyclic) bond motifs is 1. The number of nitrogens with two attached hydrogens (primary N) is 1. The number of anilines is 1. The largest absolute Gasteiger partial charge is 0.391 e. The summed E-state index contributed by atoms with van der Waals surface area (Å²) in [5.41, 5.74) is 4.02. The average molecular weight is 337 g/mol. The third-order valence-corrected chi connectivity index (χ3v) is 3.84. The van der Waals surface area contributed by atoms with E-state index in [1.165, 1.54) is 24.0 Å². The highest BCUT2D eigenvalue weighted by Crippen LogP contribution is 2.40. The molecule has 0 spiro atoms. The fourth-order valence-corrected chi connectivity index (χ4v) is 2.70. The monoisotopic (exact) mass is 337 g/mol. The minimum atomic E-state index is -2.17. The fraction of sp³-hybridized carbons (Fsp3) is 0.500. The first kappa shape index (κ1) is 16.5. The predicted octanol–water partition coefficient (Wildman–Crippen LogP) is -1.25. The second-order valence-corrected chi connectivity index (χ2v) is 5.49. The Kier molecular flexibility index (Phi) is 4.10. The van der Waals surface area contributed by atoms with Crippen LogP contribution in [0.1, 0.15) is 13.2 Å². The van der Waals surface area contributed by atoms with Crippen molar-refractivity contribution in [1.29, 1.82) is 0 Å². The minimum absolute atomic E-state index is 0.0201. The molecular weight excluding hydrogens is 321 g/mol. The molecule has 5 N–H and O–H groups in total. The molecule has 24 heavy (non-hydrogen) atoms. The lowest BCUT2D eigenvalue weighted by molar-refractivity contribution is -0.0847. The molecule has 0 saturated carbocycles. The molecule has 0 amide bonds. The molecule has 9 nitrogen and oxygen atoms in total. The van der Waals surface area contributed by atoms with E-state index in [-0.39, 0.29) is 11.6 Å². The second kappa shape index (κ2) is 5.95. The van der Waals surface area contributed by atoms with Gasteiger partial charge in [0.1, 0.15) is 24.4 Å². The number of aliphatic hydroxyl groups excluding tert-OH is 2. The van der Waals surface area contributed by atoms with Gasteiger partial charge in [-0.3, -0.25) is 4.57 Å². The third-order valence-electron chi connectivity index (χ3n) is 3.84. The first-order valence-electron chi connectivity index (χ1n) is 7.13. The number of hydrogen-bond acceptors (Lipinski definition) is 8. The molecule has 0 bridgehead atoms. The minimum Gasteiger partial charge on any atom is -0.391 e. The number of aromatic nitrogens is 4. The summed E-state index contributed by atoms with van der Waals surface area (Å²) >= 11 is 0. The fourth-order valence-electron chi connectivity index (χ4n) is 2.70. The van der Waals surface area contributed by atoms with Crippen LogP contribution in [0.2, 0.25) is 0 Å². The van der Waals surface area contributed by atoms with Gasteiger partial charge >= 0.3 is 0 Å². The van der Waals surface area contributed by atoms with Crippen molar-refractivity contribution in [1.82, 2.24) is 19.5 Å². The van der Waals surface area contributed by atoms with Gasteiger partial charge in [0.05, 0.1) is 18.6 Å². The molecule has 3 rings (SSSR count). The molecule has 2 aromatic heterocycles. The summed E-state index contributed by atoms with van der Waals surface area (Å²) in [6.45, 7) is 0.381. The predicted molar refractivity (Wildman–Crippen MR) is 80.0 cm³/mol. The number of alkyl halides is 1. The molecule has 1 aliphatic rings. The highest BCUT2D eigenvalue weighted by Gasteiger charge is 2.57. The number of hydrogen-bond donors (Lipinski definition) is 4. The van der Waals surface area contributed by atoms with Crippen molar-refractivity contribution in [2.45, 2.75) is 37.1 Å². The summed E-state index contributed by atoms with van der Waals surface area (Å²) < 4.78 is 19.4. The van der Waals surface area contributed by atoms with Crippen LogP contribution < -0.4 is 5.73 Å². The maximum absolute atomic E-state index is 12.5. The topological polar surface area (TPSA) is 140 Å². The molecule has 3 heterocycles. The van der Waals surface area contributed by atoms with Gasteiger partial charge < -0.3 is 25.8 Å². The molecule has 1 unspecified atom stereocenters. The lowest BCUT2D eigenvalue weighted by Crippen LogP contribution is -2.47. The van der Waals surface area contributed by atoms with E-state index >= 15 is 0 Å². The van der Waals surface area contributed by atoms with Crippen LogP contribution in [-0.4, -0.2) is 65.4 Å². The van der Waals surface area contributed by atoms with E-state index in [9.17, 15) is 19.7 Å². The van der Waals surface area contributed by atoms with Gasteiger partial charge in [0.15, 0.2) is 17.5 Å². The van der Waals surface area contributed by atoms with Crippen LogP contribution in [0.3, 0.4) is 0 Å². The molecule has 0 aromatic carbocycles. The van der Waals surface area contributed by atoms with E-state index in [0.29, 0.717) is 5.52 Å². The van der Waals surface area contributed by atoms with E-state index in [1.54, 1.807) is 0 Å². The summed E-state index contributed by atoms with van der Waals surface area (Å²) in [5, 5.41) is 30.9. The van der Waals surface area contributed by atoms with Gasteiger partial charge in [-0.15, -0.1) is 0 Å². The Morgan fingerprint density at radius 2 is 2.29 bits per heavy atom. The highest BCUT2D eigenvalue weighted by atomic mass is 19.1. The molecule has 1 saturated heterocycles. The van der Waals surface area contributed by atoms with Crippen LogP contribution in [0.4, 0.5) is 10.3 Å². The van der Waals surface area contributed by atoms with Crippen LogP contribution >= 0.6 is 0 Å². The Bertz CT molecular complexity index is 816. The van der Waals surface area contributed by atoms with Gasteiger partial charge in [-0.1, -0.05) is 11.8 Å². The molecule has 0 radical (unpaired) electrons. The van der Waals surface area contributed by atoms with Gasteiger partial charge in [-0.25, -0.2) is 14.4 Å². The van der Waals surface area contributed by atoms with Crippen molar-refractivity contribution in [3.63, 3.8) is 0 Å². The van der Waals surface area contributed by atoms with Crippen LogP contribution in [0.15, 0.2) is 12.5 Å². The second-order valence-electron chi connectivity index (χ2n) is 5.49. The smallest absolute Gasteiger partial charge is 0.222 e. The van der Waals surface area contributed by atoms with Crippen molar-refractivity contribution in [2.75, 3.05) is 12.4 Å². The van der Waals surface area contributed by atoms with E-state index < -0.39 is 36.8 Å². The van der Waals surface area contributed by atoms with Gasteiger partial charge in [0.25, 0.3) is 0 Å². The first-order valence-corrected chi connectivity index (χ1v) is 7.13. The van der Waals surface area contributed by atoms with Gasteiger partial charge in [0.2, 0.25) is 5.95 Å². The highest BCUT2D eigenvalue weighted by molar-refractivity contribution is 5.70. The standard InChI is InChI=1S/C14H16FN5O4/c1-7(21)9-10(22)14(23,3-2-4-15)12(24-9)20-6-18-8-5-17-13(16)19-11(8)20/h5-7,9-10,12,21-23H,4H2,1H3,(H2,16,17,19)/t7-,9?,10+,12-,14-/m1/s1. The summed E-state index contributed by atoms with van der Waals surface area (Å²) in [7, 11) is 0. The molecule has 2 aromatic rings. The zero-order chi connectivity index (χ0) is 17.5. The molecule has 5 atom stereocenters. The number of nitrogen functional groups attached to an aromatic ring is 1. The number of nitrogens with zero attached hydrogens (tertiary/aromatic N) is 4. The van der Waals surface area contributed by atoms with Crippen LogP contribution in [-0.2, 0) is 4.74 Å². The molecule has 10 heteroatoms. The zero-order valence-corrected chi connectivity index (χ0v) is 12.7. The third kappa shape index (κ3) is 2.47. The molecule has 128 valence electrons. The Balaban J connectivity index is 2.13. The van der Waals surface area contributed by atoms with Crippen LogP contribution in [0.25, 0.3) is 11.2 Å². The summed E-state index contributed by atoms with van der Waals surface area (Å²) in [6, 6.07) is 0. The van der Waals surface area contributed by atoms with E-state index in [2.05, 4.69) is 26.8 Å². The zero-order valence-electron chi connectivity index (χ0n) is 12.7. The Morgan fingerprint density at radius 1 is 1.54 bits per heavy atom. The Morgan fingerprint density at radius 3 is 2.96 bits per heavy atom. The summed E-state index contributed by atoms with van der Waals surface area (Å²) in [4.78, 5) is 11.9. The Labute approximate surface area is 135 Å². The van der Waals surface area contributed by atoms with Gasteiger partial charge in [0, 0.05) is 0 Å². The number of halogens is 1. The summed E-state index contributed by atoms with van der Waals surface area (Å²) in [6.07, 6.45) is -2.38. The first-order chi connectivity index (χ1) is 11.4. The van der Waals surface area contributed by atoms with Crippen molar-refractivity contribution in [3.8, 4) is 11.8 Å². The van der Waals surface area contributed by atoms with E-state index in [1.807, 2.05) is 0 Å². The molecule has 0 aliphatic carbocycles. The normalized spacial score (nSPS) is 31.0. The van der Waals surface area contributed by atoms with E-state index in [0.717, 1.165) is 0 Å². The van der Waals surface area contributed by atoms with Crippen molar-refractivity contribution >= 4 is 17.1 Å². The van der Waals surface area contributed by atoms with Crippen molar-refractivity contribution < 1.29 is 24.4 Å². The van der Waals surface area contributed by atoms with Crippen molar-refractivity contribution in [2.24, 2.45) is 0 Å². The van der Waals surface area contributed by atoms with Crippen molar-refractivity contribution in [3.05, 3.63) is 12.5 Å². The Hall–Kier alpha value is -2.32. The average Bonchev–Trinajstić information content (AvgIpc) is 3.05. The van der Waals surface area contributed by atoms with Crippen LogP contribution in [0, 0.1) is 11.8 Å². The summed E-state index contributed by atoms with van der Waals surface area (Å²) in [5.74, 6) is 4.35. The van der Waals surface area contributed by atoms with Gasteiger partial charge in [-0.2, -0.15) is 4.98 Å². The maximum atomic E-state index is 12.5. The number of ether oxygens (including phenoxy) is 1. The molecule has 1 aliphatic heterocycles. The van der Waals surface area contributed by atoms with Gasteiger partial charge in [-0.05, 0) is 6.92 Å². The van der Waals surface area contributed by atoms with Crippen LogP contribution in [0.5, 0.6) is 0 Å². The number of rotatable bonds is 2. The number of aliphatic hydroxyl groups is 3. The number of imidazole rings is 1. The molecule has 1 fully saturated rings. The maximum Gasteiger partial charge on any atom is 0.222 e. The SMILES string of the molecule is C[C@@H](O)C1O[C@@H](n2cnc3cnc(N)nc32)[C@@](O)(C#CCF)[C@H]1O.